The van der Waals surface area contributed by atoms with Crippen LogP contribution in [0.4, 0.5) is 14.5 Å². The average molecular weight is 589 g/mol. The zero-order chi connectivity index (χ0) is 27.3. The number of amides is 2. The van der Waals surface area contributed by atoms with Gasteiger partial charge in [-0.3, -0.25) is 13.9 Å². The molecule has 2 amide bonds. The van der Waals surface area contributed by atoms with Crippen LogP contribution in [0.25, 0.3) is 0 Å². The molecule has 7 nitrogen and oxygen atoms in total. The van der Waals surface area contributed by atoms with Crippen LogP contribution in [-0.4, -0.2) is 49.5 Å². The Labute approximate surface area is 220 Å². The molecule has 198 valence electrons. The molecule has 0 radical (unpaired) electrons. The van der Waals surface area contributed by atoms with Crippen molar-refractivity contribution in [1.82, 2.24) is 10.2 Å². The second kappa shape index (κ2) is 12.1. The molecule has 0 fully saturated rings. The fraction of sp³-hybridized carbons (Fsp3) is 0.440. The number of hydrogen-bond donors (Lipinski definition) is 1. The van der Waals surface area contributed by atoms with E-state index in [2.05, 4.69) is 21.2 Å². The van der Waals surface area contributed by atoms with Crippen LogP contribution in [0.5, 0.6) is 0 Å². The molecule has 0 aliphatic carbocycles. The second-order valence-corrected chi connectivity index (χ2v) is 12.4. The lowest BCUT2D eigenvalue weighted by Gasteiger charge is -2.32. The quantitative estimate of drug-likeness (QED) is 0.440. The number of nitrogens with zero attached hydrogens (tertiary/aromatic N) is 2. The van der Waals surface area contributed by atoms with Gasteiger partial charge < -0.3 is 10.2 Å². The van der Waals surface area contributed by atoms with Crippen LogP contribution in [0.3, 0.4) is 0 Å². The van der Waals surface area contributed by atoms with Crippen molar-refractivity contribution in [3.05, 3.63) is 64.1 Å². The van der Waals surface area contributed by atoms with Gasteiger partial charge in [0.1, 0.15) is 6.04 Å². The minimum absolute atomic E-state index is 0.0345. The summed E-state index contributed by atoms with van der Waals surface area (Å²) in [6.45, 7) is 7.22. The molecule has 11 heteroatoms. The predicted octanol–water partition coefficient (Wildman–Crippen LogP) is 4.61. The first-order chi connectivity index (χ1) is 16.6. The fourth-order valence-electron chi connectivity index (χ4n) is 3.53. The Balaban J connectivity index is 2.21. The topological polar surface area (TPSA) is 86.8 Å². The number of carbonyl (C=O) groups is 2. The highest BCUT2D eigenvalue weighted by atomic mass is 79.9. The van der Waals surface area contributed by atoms with Crippen LogP contribution < -0.4 is 9.62 Å². The Morgan fingerprint density at radius 3 is 2.31 bits per heavy atom. The van der Waals surface area contributed by atoms with E-state index >= 15 is 0 Å². The van der Waals surface area contributed by atoms with Gasteiger partial charge in [-0.1, -0.05) is 28.1 Å². The fourth-order valence-corrected chi connectivity index (χ4v) is 4.94. The number of carbonyl (C=O) groups excluding carboxylic acids is 2. The molecular formula is C25H32BrF2N3O4S. The van der Waals surface area contributed by atoms with E-state index in [0.717, 1.165) is 32.7 Å². The molecule has 2 aromatic carbocycles. The summed E-state index contributed by atoms with van der Waals surface area (Å²) in [4.78, 5) is 27.6. The van der Waals surface area contributed by atoms with Gasteiger partial charge in [-0.2, -0.15) is 0 Å². The Morgan fingerprint density at radius 1 is 1.08 bits per heavy atom. The lowest BCUT2D eigenvalue weighted by atomic mass is 10.1. The van der Waals surface area contributed by atoms with Gasteiger partial charge in [0.05, 0.1) is 11.9 Å². The summed E-state index contributed by atoms with van der Waals surface area (Å²) in [7, 11) is -3.82. The van der Waals surface area contributed by atoms with Gasteiger partial charge in [0.2, 0.25) is 21.8 Å². The van der Waals surface area contributed by atoms with Crippen LogP contribution in [0.1, 0.15) is 46.1 Å². The monoisotopic (exact) mass is 587 g/mol. The summed E-state index contributed by atoms with van der Waals surface area (Å²) < 4.78 is 53.4. The molecule has 1 atom stereocenters. The Bertz CT molecular complexity index is 1200. The summed E-state index contributed by atoms with van der Waals surface area (Å²) >= 11 is 3.41. The number of benzene rings is 2. The molecule has 0 aromatic heterocycles. The molecule has 0 bridgehead atoms. The SMILES string of the molecule is C[C@@H](C(=O)NC(C)(C)C)N(Cc1cccc(Br)c1)C(=O)CCCN(c1ccc(F)c(F)c1)S(C)(=O)=O. The number of sulfonamides is 1. The average Bonchev–Trinajstić information content (AvgIpc) is 2.74. The maximum absolute atomic E-state index is 13.7. The maximum atomic E-state index is 13.7. The standard InChI is InChI=1S/C25H32BrF2N3O4S/c1-17(24(33)29-25(2,3)4)30(16-18-8-6-9-19(26)14-18)23(32)10-7-13-31(36(5,34)35)20-11-12-21(27)22(28)15-20/h6,8-9,11-12,14-15,17H,7,10,13,16H2,1-5H3,(H,29,33)/t17-/m0/s1. The number of anilines is 1. The Hall–Kier alpha value is -2.53. The first-order valence-electron chi connectivity index (χ1n) is 11.4. The van der Waals surface area contributed by atoms with Crippen molar-refractivity contribution in [2.24, 2.45) is 0 Å². The molecule has 1 N–H and O–H groups in total. The number of nitrogens with one attached hydrogen (secondary N) is 1. The van der Waals surface area contributed by atoms with Crippen molar-refractivity contribution < 1.29 is 26.8 Å². The van der Waals surface area contributed by atoms with Gasteiger partial charge in [-0.05, 0) is 63.9 Å². The number of rotatable bonds is 10. The lowest BCUT2D eigenvalue weighted by molar-refractivity contribution is -0.141. The van der Waals surface area contributed by atoms with Gasteiger partial charge in [0.25, 0.3) is 0 Å². The summed E-state index contributed by atoms with van der Waals surface area (Å²) in [5, 5.41) is 2.88. The van der Waals surface area contributed by atoms with E-state index in [0.29, 0.717) is 0 Å². The minimum atomic E-state index is -3.82. The zero-order valence-electron chi connectivity index (χ0n) is 21.0. The third kappa shape index (κ3) is 8.85. The van der Waals surface area contributed by atoms with Crippen molar-refractivity contribution in [2.45, 2.75) is 58.7 Å². The van der Waals surface area contributed by atoms with E-state index in [-0.39, 0.29) is 43.4 Å². The van der Waals surface area contributed by atoms with E-state index in [4.69, 9.17) is 0 Å². The van der Waals surface area contributed by atoms with Gasteiger partial charge in [0.15, 0.2) is 11.6 Å². The molecule has 0 unspecified atom stereocenters. The van der Waals surface area contributed by atoms with Crippen molar-refractivity contribution in [1.29, 1.82) is 0 Å². The predicted molar refractivity (Wildman–Crippen MR) is 140 cm³/mol. The van der Waals surface area contributed by atoms with E-state index in [9.17, 15) is 26.8 Å². The molecule has 0 aliphatic rings. The van der Waals surface area contributed by atoms with Crippen LogP contribution in [-0.2, 0) is 26.2 Å². The summed E-state index contributed by atoms with van der Waals surface area (Å²) in [6.07, 6.45) is 0.999. The summed E-state index contributed by atoms with van der Waals surface area (Å²) in [5.41, 5.74) is 0.288. The van der Waals surface area contributed by atoms with Crippen LogP contribution in [0.2, 0.25) is 0 Å². The third-order valence-electron chi connectivity index (χ3n) is 5.25. The van der Waals surface area contributed by atoms with Crippen molar-refractivity contribution in [3.63, 3.8) is 0 Å². The van der Waals surface area contributed by atoms with Crippen LogP contribution >= 0.6 is 15.9 Å². The number of halogens is 3. The van der Waals surface area contributed by atoms with E-state index in [1.165, 1.54) is 11.0 Å². The van der Waals surface area contributed by atoms with E-state index in [1.807, 2.05) is 45.0 Å². The molecule has 0 spiro atoms. The van der Waals surface area contributed by atoms with E-state index in [1.54, 1.807) is 6.92 Å². The number of hydrogen-bond acceptors (Lipinski definition) is 4. The van der Waals surface area contributed by atoms with Crippen molar-refractivity contribution in [2.75, 3.05) is 17.1 Å². The van der Waals surface area contributed by atoms with E-state index < -0.39 is 33.2 Å². The molecule has 2 rings (SSSR count). The highest BCUT2D eigenvalue weighted by Gasteiger charge is 2.28. The molecule has 36 heavy (non-hydrogen) atoms. The largest absolute Gasteiger partial charge is 0.350 e. The highest BCUT2D eigenvalue weighted by Crippen LogP contribution is 2.22. The molecule has 0 aliphatic heterocycles. The van der Waals surface area contributed by atoms with Crippen molar-refractivity contribution in [3.8, 4) is 0 Å². The highest BCUT2D eigenvalue weighted by molar-refractivity contribution is 9.10. The maximum Gasteiger partial charge on any atom is 0.242 e. The second-order valence-electron chi connectivity index (χ2n) is 9.60. The minimum Gasteiger partial charge on any atom is -0.350 e. The third-order valence-corrected chi connectivity index (χ3v) is 6.94. The van der Waals surface area contributed by atoms with Crippen molar-refractivity contribution >= 4 is 43.5 Å². The normalized spacial score (nSPS) is 12.7. The molecule has 0 saturated heterocycles. The Morgan fingerprint density at radius 2 is 1.75 bits per heavy atom. The molecule has 0 saturated carbocycles. The van der Waals surface area contributed by atoms with Gasteiger partial charge in [0, 0.05) is 35.6 Å². The molecule has 0 heterocycles. The molecular weight excluding hydrogens is 556 g/mol. The summed E-state index contributed by atoms with van der Waals surface area (Å²) in [6, 6.07) is 9.40. The summed E-state index contributed by atoms with van der Waals surface area (Å²) in [5.74, 6) is -2.92. The lowest BCUT2D eigenvalue weighted by Crippen LogP contribution is -2.52. The zero-order valence-corrected chi connectivity index (χ0v) is 23.4. The van der Waals surface area contributed by atoms with Crippen LogP contribution in [0, 0.1) is 11.6 Å². The smallest absolute Gasteiger partial charge is 0.242 e. The first-order valence-corrected chi connectivity index (χ1v) is 14.0. The van der Waals surface area contributed by atoms with Gasteiger partial charge in [-0.15, -0.1) is 0 Å². The van der Waals surface area contributed by atoms with Crippen LogP contribution in [0.15, 0.2) is 46.9 Å². The Kier molecular flexibility index (Phi) is 10.0. The van der Waals surface area contributed by atoms with Gasteiger partial charge >= 0.3 is 0 Å². The van der Waals surface area contributed by atoms with Gasteiger partial charge in [-0.25, -0.2) is 17.2 Å². The first kappa shape index (κ1) is 29.7. The molecule has 2 aromatic rings.